The summed E-state index contributed by atoms with van der Waals surface area (Å²) in [5, 5.41) is 5.74. The van der Waals surface area contributed by atoms with Crippen molar-refractivity contribution in [2.45, 2.75) is 38.0 Å². The smallest absolute Gasteiger partial charge is 0.410 e. The third-order valence-corrected chi connectivity index (χ3v) is 8.21. The van der Waals surface area contributed by atoms with Crippen molar-refractivity contribution in [1.82, 2.24) is 20.1 Å². The van der Waals surface area contributed by atoms with Crippen molar-refractivity contribution in [3.63, 3.8) is 0 Å². The monoisotopic (exact) mass is 568 g/mol. The Morgan fingerprint density at radius 2 is 1.95 bits per heavy atom. The molecule has 0 radical (unpaired) electrons. The second-order valence-electron chi connectivity index (χ2n) is 9.52. The molecule has 2 fully saturated rings. The number of ether oxygens (including phenoxy) is 2. The minimum absolute atomic E-state index is 0.170. The Kier molecular flexibility index (Phi) is 8.33. The fraction of sp³-hybridized carbons (Fsp3) is 0.357. The number of hydrogen-bond donors (Lipinski definition) is 1. The number of aromatic nitrogens is 1. The predicted octanol–water partition coefficient (Wildman–Crippen LogP) is 4.92. The van der Waals surface area contributed by atoms with E-state index in [2.05, 4.69) is 10.3 Å². The highest BCUT2D eigenvalue weighted by atomic mass is 35.5. The maximum absolute atomic E-state index is 13.3. The fourth-order valence-corrected chi connectivity index (χ4v) is 6.07. The van der Waals surface area contributed by atoms with Crippen molar-refractivity contribution in [1.29, 1.82) is 0 Å². The molecular formula is C28H29ClN4O5S. The van der Waals surface area contributed by atoms with Gasteiger partial charge in [-0.1, -0.05) is 41.9 Å². The fourth-order valence-electron chi connectivity index (χ4n) is 4.88. The molecule has 11 heteroatoms. The molecule has 2 aliphatic heterocycles. The summed E-state index contributed by atoms with van der Waals surface area (Å²) in [6, 6.07) is 14.1. The number of methoxy groups -OCH3 is 1. The van der Waals surface area contributed by atoms with Crippen molar-refractivity contribution >= 4 is 40.8 Å². The Hall–Kier alpha value is -3.63. The normalized spacial score (nSPS) is 18.7. The highest BCUT2D eigenvalue weighted by Gasteiger charge is 2.34. The van der Waals surface area contributed by atoms with Crippen LogP contribution in [-0.4, -0.2) is 65.5 Å². The van der Waals surface area contributed by atoms with Crippen molar-refractivity contribution in [3.05, 3.63) is 80.8 Å². The van der Waals surface area contributed by atoms with Crippen LogP contribution in [-0.2, 0) is 11.3 Å². The van der Waals surface area contributed by atoms with E-state index >= 15 is 0 Å². The first kappa shape index (κ1) is 27.0. The van der Waals surface area contributed by atoms with Crippen LogP contribution in [0.3, 0.4) is 0 Å². The average molecular weight is 569 g/mol. The van der Waals surface area contributed by atoms with Crippen LogP contribution < -0.4 is 10.1 Å². The summed E-state index contributed by atoms with van der Waals surface area (Å²) in [6.45, 7) is 1.68. The number of nitrogens with zero attached hydrogens (tertiary/aromatic N) is 3. The molecular weight excluding hydrogens is 540 g/mol. The molecule has 2 atom stereocenters. The first-order valence-electron chi connectivity index (χ1n) is 12.8. The first-order valence-corrected chi connectivity index (χ1v) is 14.0. The summed E-state index contributed by atoms with van der Waals surface area (Å²) < 4.78 is 10.6. The van der Waals surface area contributed by atoms with Crippen molar-refractivity contribution < 1.29 is 23.9 Å². The van der Waals surface area contributed by atoms with Gasteiger partial charge >= 0.3 is 6.09 Å². The van der Waals surface area contributed by atoms with Gasteiger partial charge < -0.3 is 24.6 Å². The number of halogens is 1. The number of carbonyl (C=O) groups excluding carboxylic acids is 3. The summed E-state index contributed by atoms with van der Waals surface area (Å²) >= 11 is 7.72. The van der Waals surface area contributed by atoms with Crippen LogP contribution in [0.5, 0.6) is 5.75 Å². The van der Waals surface area contributed by atoms with Crippen LogP contribution in [0.15, 0.2) is 53.9 Å². The number of likely N-dealkylation sites (tertiary alicyclic amines) is 2. The highest BCUT2D eigenvalue weighted by Crippen LogP contribution is 2.36. The van der Waals surface area contributed by atoms with Crippen LogP contribution in [0.4, 0.5) is 4.79 Å². The lowest BCUT2D eigenvalue weighted by Crippen LogP contribution is -2.38. The number of hydrogen-bond acceptors (Lipinski definition) is 7. The molecule has 3 amide bonds. The topological polar surface area (TPSA) is 101 Å². The van der Waals surface area contributed by atoms with Gasteiger partial charge in [0.05, 0.1) is 23.7 Å². The third kappa shape index (κ3) is 6.17. The third-order valence-electron chi connectivity index (χ3n) is 6.95. The molecule has 0 bridgehead atoms. The van der Waals surface area contributed by atoms with Crippen LogP contribution in [0, 0.1) is 0 Å². The Morgan fingerprint density at radius 3 is 2.72 bits per heavy atom. The molecule has 0 aliphatic carbocycles. The Morgan fingerprint density at radius 1 is 1.13 bits per heavy atom. The van der Waals surface area contributed by atoms with E-state index in [0.29, 0.717) is 53.1 Å². The minimum Gasteiger partial charge on any atom is -0.497 e. The van der Waals surface area contributed by atoms with Gasteiger partial charge in [-0.3, -0.25) is 9.59 Å². The Bertz CT molecular complexity index is 1350. The molecule has 204 valence electrons. The largest absolute Gasteiger partial charge is 0.497 e. The molecule has 9 nitrogen and oxygen atoms in total. The van der Waals surface area contributed by atoms with Crippen LogP contribution in [0.2, 0.25) is 5.02 Å². The molecule has 0 spiro atoms. The summed E-state index contributed by atoms with van der Waals surface area (Å²) in [4.78, 5) is 46.6. The number of thiazole rings is 1. The molecule has 0 saturated carbocycles. The number of rotatable bonds is 7. The molecule has 2 aliphatic rings. The molecule has 1 aromatic heterocycles. The minimum atomic E-state index is -0.394. The lowest BCUT2D eigenvalue weighted by molar-refractivity contribution is 0.0735. The quantitative estimate of drug-likeness (QED) is 0.434. The van der Waals surface area contributed by atoms with E-state index in [4.69, 9.17) is 21.1 Å². The molecule has 0 unspecified atom stereocenters. The standard InChI is InChI=1S/C28H29ClN4O5S/c1-37-20-9-10-21(22(29)14-20)27(35)33-12-5-8-24(33)26-31-23(17-39-26)25(34)30-19-11-13-32(15-19)28(36)38-16-18-6-3-2-4-7-18/h2-4,6-7,9-10,14,17,19,24H,5,8,11-13,15-16H2,1H3,(H,30,34)/t19-,24+/m0/s1. The summed E-state index contributed by atoms with van der Waals surface area (Å²) in [6.07, 6.45) is 1.84. The van der Waals surface area contributed by atoms with Crippen molar-refractivity contribution in [3.8, 4) is 5.75 Å². The zero-order chi connectivity index (χ0) is 27.4. The Labute approximate surface area is 235 Å². The number of benzene rings is 2. The zero-order valence-electron chi connectivity index (χ0n) is 21.5. The summed E-state index contributed by atoms with van der Waals surface area (Å²) in [7, 11) is 1.55. The summed E-state index contributed by atoms with van der Waals surface area (Å²) in [5.74, 6) is 0.118. The van der Waals surface area contributed by atoms with E-state index in [0.717, 1.165) is 18.4 Å². The molecule has 1 N–H and O–H groups in total. The van der Waals surface area contributed by atoms with Gasteiger partial charge in [-0.05, 0) is 43.0 Å². The van der Waals surface area contributed by atoms with Gasteiger partial charge in [0, 0.05) is 31.1 Å². The van der Waals surface area contributed by atoms with Gasteiger partial charge in [-0.2, -0.15) is 0 Å². The maximum atomic E-state index is 13.3. The predicted molar refractivity (Wildman–Crippen MR) is 147 cm³/mol. The second-order valence-corrected chi connectivity index (χ2v) is 10.8. The molecule has 3 heterocycles. The molecule has 5 rings (SSSR count). The van der Waals surface area contributed by atoms with Gasteiger partial charge in [0.2, 0.25) is 0 Å². The maximum Gasteiger partial charge on any atom is 0.410 e. The first-order chi connectivity index (χ1) is 18.9. The molecule has 2 saturated heterocycles. The van der Waals surface area contributed by atoms with Crippen molar-refractivity contribution in [2.24, 2.45) is 0 Å². The van der Waals surface area contributed by atoms with Gasteiger partial charge in [0.15, 0.2) is 0 Å². The van der Waals surface area contributed by atoms with E-state index in [1.807, 2.05) is 30.3 Å². The SMILES string of the molecule is COc1ccc(C(=O)N2CCC[C@@H]2c2nc(C(=O)N[C@H]3CCN(C(=O)OCc4ccccc4)C3)cs2)c(Cl)c1. The van der Waals surface area contributed by atoms with Gasteiger partial charge in [0.1, 0.15) is 23.1 Å². The molecule has 2 aromatic carbocycles. The van der Waals surface area contributed by atoms with E-state index in [9.17, 15) is 14.4 Å². The zero-order valence-corrected chi connectivity index (χ0v) is 23.0. The van der Waals surface area contributed by atoms with Crippen molar-refractivity contribution in [2.75, 3.05) is 26.7 Å². The van der Waals surface area contributed by atoms with Crippen LogP contribution in [0.1, 0.15) is 56.7 Å². The molecule has 39 heavy (non-hydrogen) atoms. The number of carbonyl (C=O) groups is 3. The van der Waals surface area contributed by atoms with Gasteiger partial charge in [0.25, 0.3) is 11.8 Å². The average Bonchev–Trinajstić information content (AvgIpc) is 3.72. The van der Waals surface area contributed by atoms with E-state index in [1.54, 1.807) is 40.5 Å². The van der Waals surface area contributed by atoms with E-state index in [1.165, 1.54) is 11.3 Å². The number of amides is 3. The van der Waals surface area contributed by atoms with Crippen LogP contribution in [0.25, 0.3) is 0 Å². The van der Waals surface area contributed by atoms with Gasteiger partial charge in [-0.25, -0.2) is 9.78 Å². The highest BCUT2D eigenvalue weighted by molar-refractivity contribution is 7.09. The number of nitrogens with one attached hydrogen (secondary N) is 1. The summed E-state index contributed by atoms with van der Waals surface area (Å²) in [5.41, 5.74) is 1.64. The van der Waals surface area contributed by atoms with E-state index in [-0.39, 0.29) is 30.5 Å². The lowest BCUT2D eigenvalue weighted by atomic mass is 10.1. The Balaban J connectivity index is 1.16. The van der Waals surface area contributed by atoms with Gasteiger partial charge in [-0.15, -0.1) is 11.3 Å². The molecule has 3 aromatic rings. The van der Waals surface area contributed by atoms with Crippen LogP contribution >= 0.6 is 22.9 Å². The van der Waals surface area contributed by atoms with E-state index < -0.39 is 6.09 Å². The second kappa shape index (κ2) is 12.0. The lowest BCUT2D eigenvalue weighted by Gasteiger charge is -2.23.